The van der Waals surface area contributed by atoms with Crippen LogP contribution in [0, 0.1) is 5.41 Å². The van der Waals surface area contributed by atoms with Crippen LogP contribution in [0.2, 0.25) is 0 Å². The molecule has 4 rings (SSSR count). The maximum atomic E-state index is 12.9. The molecule has 0 spiro atoms. The minimum atomic E-state index is -1.34. The van der Waals surface area contributed by atoms with Gasteiger partial charge in [0.25, 0.3) is 0 Å². The van der Waals surface area contributed by atoms with Crippen LogP contribution in [0.25, 0.3) is 33.4 Å². The Morgan fingerprint density at radius 1 is 0.972 bits per heavy atom. The highest BCUT2D eigenvalue weighted by Crippen LogP contribution is 2.42. The highest BCUT2D eigenvalue weighted by Gasteiger charge is 2.25. The number of hydrogen-bond donors (Lipinski definition) is 0. The van der Waals surface area contributed by atoms with E-state index in [0.29, 0.717) is 34.6 Å². The van der Waals surface area contributed by atoms with E-state index >= 15 is 0 Å². The van der Waals surface area contributed by atoms with Gasteiger partial charge in [0, 0.05) is 71.5 Å². The van der Waals surface area contributed by atoms with Gasteiger partial charge in [0.2, 0.25) is 0 Å². The zero-order valence-corrected chi connectivity index (χ0v) is 20.9. The van der Waals surface area contributed by atoms with Gasteiger partial charge in [0.05, 0.1) is 11.3 Å². The molecule has 0 unspecified atom stereocenters. The van der Waals surface area contributed by atoms with E-state index in [-0.39, 0.29) is 18.8 Å². The van der Waals surface area contributed by atoms with E-state index in [4.69, 9.17) is 4.42 Å². The molecule has 0 aromatic heterocycles. The second-order valence-corrected chi connectivity index (χ2v) is 9.83. The van der Waals surface area contributed by atoms with Crippen molar-refractivity contribution in [3.8, 4) is 22.5 Å². The predicted molar refractivity (Wildman–Crippen MR) is 144 cm³/mol. The van der Waals surface area contributed by atoms with E-state index in [9.17, 15) is 14.7 Å². The molecule has 2 aliphatic rings. The Bertz CT molecular complexity index is 1490. The zero-order valence-electron chi connectivity index (χ0n) is 20.9. The molecule has 0 fully saturated rings. The van der Waals surface area contributed by atoms with Crippen LogP contribution in [0.5, 0.6) is 0 Å². The van der Waals surface area contributed by atoms with Crippen LogP contribution in [0.4, 0.5) is 5.69 Å². The van der Waals surface area contributed by atoms with E-state index in [1.165, 1.54) is 6.07 Å². The van der Waals surface area contributed by atoms with Gasteiger partial charge in [-0.3, -0.25) is 9.79 Å². The first-order valence-electron chi connectivity index (χ1n) is 11.6. The highest BCUT2D eigenvalue weighted by atomic mass is 16.4. The molecule has 0 N–H and O–H groups in total. The molecule has 0 saturated carbocycles. The number of aromatic carboxylic acids is 1. The monoisotopic (exact) mass is 485 g/mol. The van der Waals surface area contributed by atoms with E-state index < -0.39 is 11.4 Å². The average Bonchev–Trinajstić information content (AvgIpc) is 2.80. The summed E-state index contributed by atoms with van der Waals surface area (Å²) in [5.74, 6) is -0.879. The van der Waals surface area contributed by atoms with Crippen molar-refractivity contribution in [1.82, 2.24) is 0 Å². The lowest BCUT2D eigenvalue weighted by Gasteiger charge is -2.22. The van der Waals surface area contributed by atoms with Gasteiger partial charge < -0.3 is 19.2 Å². The molecule has 2 aromatic rings. The Labute approximate surface area is 212 Å². The standard InChI is InChI=1S/C29H30N2O4.CH4/c1-7-30-18-9-12-21-24(15-18)35-25-16-19(31(5)6)10-13-22(25)26(21)20-11-8-17(14-23(20)28(33)34)27(32)29(2,3)4;/h8-16H,7H2,1-6H3,(H,33,34);1H4/p-1. The Hall–Kier alpha value is -3.93. The fourth-order valence-electron chi connectivity index (χ4n) is 4.22. The van der Waals surface area contributed by atoms with Crippen LogP contribution in [0.3, 0.4) is 0 Å². The van der Waals surface area contributed by atoms with Crippen molar-refractivity contribution in [3.63, 3.8) is 0 Å². The molecule has 0 atom stereocenters. The first kappa shape index (κ1) is 26.7. The summed E-state index contributed by atoms with van der Waals surface area (Å²) >= 11 is 0. The molecule has 36 heavy (non-hydrogen) atoms. The summed E-state index contributed by atoms with van der Waals surface area (Å²) < 4.78 is 6.29. The molecule has 0 bridgehead atoms. The number of carboxylic acid groups (broad SMARTS) is 1. The molecular weight excluding hydrogens is 452 g/mol. The summed E-state index contributed by atoms with van der Waals surface area (Å²) in [5, 5.41) is 13.9. The average molecular weight is 486 g/mol. The Kier molecular flexibility index (Phi) is 7.39. The van der Waals surface area contributed by atoms with Gasteiger partial charge in [-0.1, -0.05) is 40.3 Å². The van der Waals surface area contributed by atoms with Gasteiger partial charge in [-0.05, 0) is 42.8 Å². The van der Waals surface area contributed by atoms with E-state index in [1.807, 2.05) is 83.1 Å². The molecule has 6 nitrogen and oxygen atoms in total. The van der Waals surface area contributed by atoms with Gasteiger partial charge in [0.15, 0.2) is 5.78 Å². The third kappa shape index (κ3) is 4.89. The molecule has 1 heterocycles. The first-order valence-corrected chi connectivity index (χ1v) is 11.6. The lowest BCUT2D eigenvalue weighted by atomic mass is 9.84. The Balaban J connectivity index is 0.00000361. The van der Waals surface area contributed by atoms with Crippen LogP contribution in [-0.2, 0) is 0 Å². The lowest BCUT2D eigenvalue weighted by Crippen LogP contribution is -2.25. The normalized spacial score (nSPS) is 12.0. The Morgan fingerprint density at radius 2 is 1.67 bits per heavy atom. The summed E-state index contributed by atoms with van der Waals surface area (Å²) in [6.07, 6.45) is 0. The molecule has 0 radical (unpaired) electrons. The summed E-state index contributed by atoms with van der Waals surface area (Å²) in [6, 6.07) is 16.3. The molecule has 188 valence electrons. The molecular formula is C30H33N2O4-. The molecule has 1 aliphatic heterocycles. The van der Waals surface area contributed by atoms with E-state index in [1.54, 1.807) is 12.1 Å². The molecule has 2 aromatic carbocycles. The fourth-order valence-corrected chi connectivity index (χ4v) is 4.22. The van der Waals surface area contributed by atoms with E-state index in [0.717, 1.165) is 22.0 Å². The number of benzene rings is 3. The summed E-state index contributed by atoms with van der Waals surface area (Å²) in [5.41, 5.74) is 3.17. The number of carbonyl (C=O) groups excluding carboxylic acids is 2. The van der Waals surface area contributed by atoms with Crippen LogP contribution >= 0.6 is 0 Å². The minimum Gasteiger partial charge on any atom is -0.545 e. The van der Waals surface area contributed by atoms with Crippen LogP contribution < -0.4 is 15.4 Å². The zero-order chi connectivity index (χ0) is 25.5. The number of Topliss-reactive ketones (excluding diaryl/α,β-unsaturated/α-hetero) is 1. The number of hydrogen-bond acceptors (Lipinski definition) is 6. The number of fused-ring (bicyclic) bond motifs is 2. The van der Waals surface area contributed by atoms with Crippen molar-refractivity contribution in [2.45, 2.75) is 35.1 Å². The van der Waals surface area contributed by atoms with Crippen molar-refractivity contribution in [3.05, 3.63) is 71.1 Å². The summed E-state index contributed by atoms with van der Waals surface area (Å²) in [7, 11) is 3.89. The Morgan fingerprint density at radius 3 is 2.28 bits per heavy atom. The van der Waals surface area contributed by atoms with Crippen LogP contribution in [0.15, 0.2) is 64.0 Å². The quantitative estimate of drug-likeness (QED) is 0.278. The largest absolute Gasteiger partial charge is 0.545 e. The molecule has 0 amide bonds. The topological polar surface area (TPSA) is 85.9 Å². The van der Waals surface area contributed by atoms with Crippen LogP contribution in [0.1, 0.15) is 55.8 Å². The summed E-state index contributed by atoms with van der Waals surface area (Å²) in [4.78, 5) is 31.6. The van der Waals surface area contributed by atoms with Gasteiger partial charge in [0.1, 0.15) is 11.3 Å². The number of anilines is 1. The maximum Gasteiger partial charge on any atom is 0.168 e. The number of nitrogens with zero attached hydrogens (tertiary/aromatic N) is 2. The van der Waals surface area contributed by atoms with E-state index in [2.05, 4.69) is 4.99 Å². The smallest absolute Gasteiger partial charge is 0.168 e. The van der Waals surface area contributed by atoms with Gasteiger partial charge >= 0.3 is 0 Å². The SMILES string of the molecule is C.CCN=c1ccc2c(-c3ccc(C(=O)C(C)(C)C)cc3C(=O)[O-])c3ccc(N(C)C)cc3oc-2c1. The van der Waals surface area contributed by atoms with Crippen LogP contribution in [-0.4, -0.2) is 32.4 Å². The highest BCUT2D eigenvalue weighted by molar-refractivity contribution is 6.09. The first-order chi connectivity index (χ1) is 16.5. The number of ketones is 1. The molecule has 1 aliphatic carbocycles. The van der Waals surface area contributed by atoms with Crippen molar-refractivity contribution >= 4 is 28.4 Å². The van der Waals surface area contributed by atoms with Gasteiger partial charge in [-0.25, -0.2) is 0 Å². The third-order valence-electron chi connectivity index (χ3n) is 6.00. The fraction of sp³-hybridized carbons (Fsp3) is 0.300. The lowest BCUT2D eigenvalue weighted by molar-refractivity contribution is -0.254. The third-order valence-corrected chi connectivity index (χ3v) is 6.00. The number of carboxylic acids is 1. The minimum absolute atomic E-state index is 0. The van der Waals surface area contributed by atoms with Crippen molar-refractivity contribution < 1.29 is 19.1 Å². The van der Waals surface area contributed by atoms with Gasteiger partial charge in [-0.2, -0.15) is 0 Å². The second kappa shape index (κ2) is 9.97. The summed E-state index contributed by atoms with van der Waals surface area (Å²) in [6.45, 7) is 8.02. The number of rotatable bonds is 5. The van der Waals surface area contributed by atoms with Gasteiger partial charge in [-0.15, -0.1) is 0 Å². The van der Waals surface area contributed by atoms with Crippen molar-refractivity contribution in [2.24, 2.45) is 10.4 Å². The second-order valence-electron chi connectivity index (χ2n) is 9.83. The van der Waals surface area contributed by atoms with Crippen molar-refractivity contribution in [1.29, 1.82) is 0 Å². The van der Waals surface area contributed by atoms with Crippen molar-refractivity contribution in [2.75, 3.05) is 25.5 Å². The maximum absolute atomic E-state index is 12.9. The number of carbonyl (C=O) groups is 2. The molecule has 6 heteroatoms. The molecule has 0 saturated heterocycles. The predicted octanol–water partition coefficient (Wildman–Crippen LogP) is 5.42.